The van der Waals surface area contributed by atoms with Gasteiger partial charge in [0, 0.05) is 11.3 Å². The molecule has 0 aliphatic heterocycles. The summed E-state index contributed by atoms with van der Waals surface area (Å²) in [5, 5.41) is 20.0. The normalized spacial score (nSPS) is 11.0. The molecule has 0 aliphatic rings. The molecule has 0 spiro atoms. The standard InChI is InChI=1S/C23H19N7O/c1-15-20(14-24-29(15)19-6-4-3-5-7-19)23(31)25-18-10-8-17(9-11-18)21-12-13-22-27-26-16(2)30(22)28-21/h3-14H,1-2H3,(H,25,31). The summed E-state index contributed by atoms with van der Waals surface area (Å²) in [6, 6.07) is 21.1. The van der Waals surface area contributed by atoms with E-state index < -0.39 is 0 Å². The Morgan fingerprint density at radius 2 is 1.68 bits per heavy atom. The molecule has 0 saturated carbocycles. The molecule has 8 nitrogen and oxygen atoms in total. The van der Waals surface area contributed by atoms with Gasteiger partial charge in [-0.25, -0.2) is 4.68 Å². The Morgan fingerprint density at radius 1 is 0.903 bits per heavy atom. The van der Waals surface area contributed by atoms with E-state index in [-0.39, 0.29) is 5.91 Å². The number of amides is 1. The fourth-order valence-electron chi connectivity index (χ4n) is 3.43. The number of carbonyl (C=O) groups is 1. The van der Waals surface area contributed by atoms with Crippen LogP contribution in [0.15, 0.2) is 72.9 Å². The van der Waals surface area contributed by atoms with Crippen LogP contribution in [0.3, 0.4) is 0 Å². The number of nitrogens with zero attached hydrogens (tertiary/aromatic N) is 6. The first-order valence-electron chi connectivity index (χ1n) is 9.81. The third kappa shape index (κ3) is 3.44. The second-order valence-electron chi connectivity index (χ2n) is 7.16. The number of hydrogen-bond donors (Lipinski definition) is 1. The number of rotatable bonds is 4. The Balaban J connectivity index is 1.35. The molecule has 0 atom stereocenters. The van der Waals surface area contributed by atoms with Crippen LogP contribution in [-0.2, 0) is 0 Å². The predicted molar refractivity (Wildman–Crippen MR) is 117 cm³/mol. The van der Waals surface area contributed by atoms with Gasteiger partial charge in [-0.05, 0) is 50.2 Å². The molecular formula is C23H19N7O. The maximum atomic E-state index is 12.8. The van der Waals surface area contributed by atoms with E-state index in [2.05, 4.69) is 25.7 Å². The van der Waals surface area contributed by atoms with Crippen molar-refractivity contribution in [2.75, 3.05) is 5.32 Å². The summed E-state index contributed by atoms with van der Waals surface area (Å²) in [5.41, 5.74) is 5.36. The third-order valence-electron chi connectivity index (χ3n) is 5.11. The molecule has 0 fully saturated rings. The zero-order valence-electron chi connectivity index (χ0n) is 17.0. The largest absolute Gasteiger partial charge is 0.322 e. The fraction of sp³-hybridized carbons (Fsp3) is 0.0870. The molecular weight excluding hydrogens is 390 g/mol. The molecule has 1 N–H and O–H groups in total. The van der Waals surface area contributed by atoms with Gasteiger partial charge in [-0.3, -0.25) is 4.79 Å². The average molecular weight is 409 g/mol. The van der Waals surface area contributed by atoms with Crippen molar-refractivity contribution < 1.29 is 4.79 Å². The highest BCUT2D eigenvalue weighted by molar-refractivity contribution is 6.05. The number of aromatic nitrogens is 6. The van der Waals surface area contributed by atoms with Gasteiger partial charge >= 0.3 is 0 Å². The van der Waals surface area contributed by atoms with Crippen molar-refractivity contribution in [3.63, 3.8) is 0 Å². The van der Waals surface area contributed by atoms with E-state index in [1.165, 1.54) is 0 Å². The van der Waals surface area contributed by atoms with Crippen LogP contribution >= 0.6 is 0 Å². The van der Waals surface area contributed by atoms with Crippen molar-refractivity contribution in [3.05, 3.63) is 90.0 Å². The highest BCUT2D eigenvalue weighted by Crippen LogP contribution is 2.21. The van der Waals surface area contributed by atoms with Crippen LogP contribution in [0.5, 0.6) is 0 Å². The summed E-state index contributed by atoms with van der Waals surface area (Å²) in [4.78, 5) is 12.8. The first-order valence-corrected chi connectivity index (χ1v) is 9.81. The molecule has 3 heterocycles. The predicted octanol–water partition coefficient (Wildman–Crippen LogP) is 3.85. The molecule has 31 heavy (non-hydrogen) atoms. The Morgan fingerprint density at radius 3 is 2.45 bits per heavy atom. The maximum absolute atomic E-state index is 12.8. The van der Waals surface area contributed by atoms with Gasteiger partial charge in [0.15, 0.2) is 11.5 Å². The van der Waals surface area contributed by atoms with E-state index >= 15 is 0 Å². The monoisotopic (exact) mass is 409 g/mol. The summed E-state index contributed by atoms with van der Waals surface area (Å²) < 4.78 is 3.46. The number of para-hydroxylation sites is 1. The van der Waals surface area contributed by atoms with E-state index in [1.807, 2.05) is 80.6 Å². The highest BCUT2D eigenvalue weighted by Gasteiger charge is 2.15. The number of aryl methyl sites for hydroxylation is 1. The maximum Gasteiger partial charge on any atom is 0.259 e. The molecule has 2 aromatic carbocycles. The number of benzene rings is 2. The summed E-state index contributed by atoms with van der Waals surface area (Å²) in [5.74, 6) is 0.527. The topological polar surface area (TPSA) is 90.0 Å². The van der Waals surface area contributed by atoms with E-state index in [1.54, 1.807) is 15.4 Å². The van der Waals surface area contributed by atoms with Crippen LogP contribution in [0, 0.1) is 13.8 Å². The van der Waals surface area contributed by atoms with Crippen LogP contribution in [0.25, 0.3) is 22.6 Å². The van der Waals surface area contributed by atoms with Gasteiger partial charge in [-0.15, -0.1) is 10.2 Å². The molecule has 0 bridgehead atoms. The van der Waals surface area contributed by atoms with Crippen molar-refractivity contribution in [2.45, 2.75) is 13.8 Å². The van der Waals surface area contributed by atoms with Crippen LogP contribution in [-0.4, -0.2) is 35.5 Å². The van der Waals surface area contributed by atoms with E-state index in [0.717, 1.165) is 28.5 Å². The lowest BCUT2D eigenvalue weighted by Gasteiger charge is -2.08. The lowest BCUT2D eigenvalue weighted by atomic mass is 10.1. The Kier molecular flexibility index (Phi) is 4.51. The molecule has 8 heteroatoms. The van der Waals surface area contributed by atoms with Gasteiger partial charge in [0.2, 0.25) is 0 Å². The van der Waals surface area contributed by atoms with E-state index in [4.69, 9.17) is 0 Å². The number of anilines is 1. The van der Waals surface area contributed by atoms with Crippen molar-refractivity contribution in [3.8, 4) is 16.9 Å². The van der Waals surface area contributed by atoms with Crippen molar-refractivity contribution in [1.82, 2.24) is 29.6 Å². The van der Waals surface area contributed by atoms with Crippen molar-refractivity contribution >= 4 is 17.2 Å². The average Bonchev–Trinajstić information content (AvgIpc) is 3.37. The SMILES string of the molecule is Cc1c(C(=O)Nc2ccc(-c3ccc4nnc(C)n4n3)cc2)cnn1-c1ccccc1. The summed E-state index contributed by atoms with van der Waals surface area (Å²) in [7, 11) is 0. The molecule has 152 valence electrons. The number of fused-ring (bicyclic) bond motifs is 1. The highest BCUT2D eigenvalue weighted by atomic mass is 16.1. The third-order valence-corrected chi connectivity index (χ3v) is 5.11. The summed E-state index contributed by atoms with van der Waals surface area (Å²) >= 11 is 0. The Hall–Kier alpha value is -4.33. The molecule has 3 aromatic heterocycles. The van der Waals surface area contributed by atoms with E-state index in [9.17, 15) is 4.79 Å². The summed E-state index contributed by atoms with van der Waals surface area (Å²) in [6.45, 7) is 3.74. The zero-order chi connectivity index (χ0) is 21.4. The van der Waals surface area contributed by atoms with Crippen LogP contribution in [0.4, 0.5) is 5.69 Å². The van der Waals surface area contributed by atoms with Crippen molar-refractivity contribution in [2.24, 2.45) is 0 Å². The first-order chi connectivity index (χ1) is 15.1. The van der Waals surface area contributed by atoms with Gasteiger partial charge in [-0.1, -0.05) is 30.3 Å². The van der Waals surface area contributed by atoms with Crippen molar-refractivity contribution in [1.29, 1.82) is 0 Å². The molecule has 5 aromatic rings. The minimum absolute atomic E-state index is 0.202. The van der Waals surface area contributed by atoms with Gasteiger partial charge in [0.25, 0.3) is 5.91 Å². The van der Waals surface area contributed by atoms with Gasteiger partial charge in [0.1, 0.15) is 0 Å². The molecule has 1 amide bonds. The molecule has 0 saturated heterocycles. The minimum Gasteiger partial charge on any atom is -0.322 e. The molecule has 0 radical (unpaired) electrons. The second kappa shape index (κ2) is 7.49. The Labute approximate surface area is 178 Å². The van der Waals surface area contributed by atoms with Gasteiger partial charge in [0.05, 0.1) is 28.8 Å². The molecule has 0 unspecified atom stereocenters. The zero-order valence-corrected chi connectivity index (χ0v) is 17.0. The minimum atomic E-state index is -0.202. The smallest absolute Gasteiger partial charge is 0.259 e. The first kappa shape index (κ1) is 18.7. The molecule has 5 rings (SSSR count). The summed E-state index contributed by atoms with van der Waals surface area (Å²) in [6.07, 6.45) is 1.59. The van der Waals surface area contributed by atoms with Gasteiger partial charge in [-0.2, -0.15) is 14.7 Å². The van der Waals surface area contributed by atoms with Gasteiger partial charge < -0.3 is 5.32 Å². The van der Waals surface area contributed by atoms with Crippen LogP contribution < -0.4 is 5.32 Å². The quantitative estimate of drug-likeness (QED) is 0.487. The fourth-order valence-corrected chi connectivity index (χ4v) is 3.43. The van der Waals surface area contributed by atoms with Crippen LogP contribution in [0.1, 0.15) is 21.9 Å². The number of carbonyl (C=O) groups excluding carboxylic acids is 1. The number of hydrogen-bond acceptors (Lipinski definition) is 5. The molecule has 0 aliphatic carbocycles. The Bertz CT molecular complexity index is 1390. The number of nitrogens with one attached hydrogen (secondary N) is 1. The van der Waals surface area contributed by atoms with E-state index in [0.29, 0.717) is 16.9 Å². The lowest BCUT2D eigenvalue weighted by molar-refractivity contribution is 0.102. The lowest BCUT2D eigenvalue weighted by Crippen LogP contribution is -2.13. The van der Waals surface area contributed by atoms with Crippen LogP contribution in [0.2, 0.25) is 0 Å². The second-order valence-corrected chi connectivity index (χ2v) is 7.16.